The van der Waals surface area contributed by atoms with Crippen LogP contribution in [0.4, 0.5) is 5.69 Å². The molecule has 2 aromatic rings. The highest BCUT2D eigenvalue weighted by Gasteiger charge is 2.22. The second-order valence-corrected chi connectivity index (χ2v) is 6.60. The minimum Gasteiger partial charge on any atom is -0.381 e. The van der Waals surface area contributed by atoms with Crippen LogP contribution in [-0.4, -0.2) is 17.0 Å². The van der Waals surface area contributed by atoms with Crippen LogP contribution < -0.4 is 5.32 Å². The second kappa shape index (κ2) is 5.70. The molecule has 2 atom stereocenters. The predicted octanol–water partition coefficient (Wildman–Crippen LogP) is 4.66. The molecule has 2 unspecified atom stereocenters. The number of rotatable bonds is 3. The molecular formula is C17H19NS. The monoisotopic (exact) mass is 269 g/mol. The van der Waals surface area contributed by atoms with E-state index < -0.39 is 0 Å². The summed E-state index contributed by atoms with van der Waals surface area (Å²) in [6.45, 7) is 2.31. The minimum absolute atomic E-state index is 0.602. The largest absolute Gasteiger partial charge is 0.381 e. The number of hydrogen-bond donors (Lipinski definition) is 1. The van der Waals surface area contributed by atoms with Gasteiger partial charge in [0, 0.05) is 28.3 Å². The quantitative estimate of drug-likeness (QED) is 0.869. The number of nitrogens with one attached hydrogen (secondary N) is 1. The molecule has 0 saturated carbocycles. The first-order chi connectivity index (χ1) is 9.33. The van der Waals surface area contributed by atoms with E-state index in [2.05, 4.69) is 78.6 Å². The number of anilines is 1. The highest BCUT2D eigenvalue weighted by Crippen LogP contribution is 2.32. The third-order valence-electron chi connectivity index (χ3n) is 3.57. The first-order valence-corrected chi connectivity index (χ1v) is 7.90. The maximum absolute atomic E-state index is 3.72. The molecule has 1 fully saturated rings. The third-order valence-corrected chi connectivity index (χ3v) is 4.93. The molecule has 1 aliphatic rings. The van der Waals surface area contributed by atoms with Crippen molar-refractivity contribution in [2.24, 2.45) is 0 Å². The Hall–Kier alpha value is -1.41. The van der Waals surface area contributed by atoms with Crippen LogP contribution in [0.25, 0.3) is 11.1 Å². The molecule has 1 N–H and O–H groups in total. The van der Waals surface area contributed by atoms with Gasteiger partial charge in [0.05, 0.1) is 0 Å². The van der Waals surface area contributed by atoms with Gasteiger partial charge in [-0.25, -0.2) is 0 Å². The number of thioether (sulfide) groups is 1. The summed E-state index contributed by atoms with van der Waals surface area (Å²) in [6.07, 6.45) is 1.26. The van der Waals surface area contributed by atoms with Crippen LogP contribution in [0.2, 0.25) is 0 Å². The summed E-state index contributed by atoms with van der Waals surface area (Å²) in [7, 11) is 0. The van der Waals surface area contributed by atoms with Gasteiger partial charge in [-0.05, 0) is 18.1 Å². The lowest BCUT2D eigenvalue weighted by molar-refractivity contribution is 0.747. The van der Waals surface area contributed by atoms with Gasteiger partial charge in [0.2, 0.25) is 0 Å². The number of para-hydroxylation sites is 1. The van der Waals surface area contributed by atoms with E-state index >= 15 is 0 Å². The maximum Gasteiger partial charge on any atom is 0.0422 e. The zero-order chi connectivity index (χ0) is 13.1. The lowest BCUT2D eigenvalue weighted by Crippen LogP contribution is -2.19. The van der Waals surface area contributed by atoms with E-state index in [0.29, 0.717) is 6.04 Å². The zero-order valence-electron chi connectivity index (χ0n) is 11.2. The highest BCUT2D eigenvalue weighted by molar-refractivity contribution is 8.00. The maximum atomic E-state index is 3.72. The van der Waals surface area contributed by atoms with Crippen LogP contribution in [0.15, 0.2) is 54.6 Å². The van der Waals surface area contributed by atoms with Gasteiger partial charge in [-0.1, -0.05) is 55.5 Å². The Bertz CT molecular complexity index is 538. The fourth-order valence-corrected chi connectivity index (χ4v) is 3.76. The Labute approximate surface area is 119 Å². The van der Waals surface area contributed by atoms with Gasteiger partial charge in [-0.2, -0.15) is 11.8 Å². The van der Waals surface area contributed by atoms with Crippen molar-refractivity contribution in [2.75, 3.05) is 11.1 Å². The predicted molar refractivity (Wildman–Crippen MR) is 85.8 cm³/mol. The molecule has 3 rings (SSSR count). The van der Waals surface area contributed by atoms with Crippen LogP contribution in [0, 0.1) is 0 Å². The molecule has 0 aromatic heterocycles. The summed E-state index contributed by atoms with van der Waals surface area (Å²) in [5.41, 5.74) is 3.84. The molecule has 1 aliphatic heterocycles. The van der Waals surface area contributed by atoms with Gasteiger partial charge >= 0.3 is 0 Å². The normalized spacial score (nSPS) is 22.4. The molecular weight excluding hydrogens is 250 g/mol. The molecule has 0 aliphatic carbocycles. The first kappa shape index (κ1) is 12.6. The topological polar surface area (TPSA) is 12.0 Å². The summed E-state index contributed by atoms with van der Waals surface area (Å²) >= 11 is 2.06. The van der Waals surface area contributed by atoms with Crippen LogP contribution in [-0.2, 0) is 0 Å². The van der Waals surface area contributed by atoms with Crippen molar-refractivity contribution in [3.63, 3.8) is 0 Å². The molecule has 19 heavy (non-hydrogen) atoms. The van der Waals surface area contributed by atoms with Crippen LogP contribution in [0.1, 0.15) is 13.3 Å². The lowest BCUT2D eigenvalue weighted by Gasteiger charge is -2.17. The van der Waals surface area contributed by atoms with Crippen molar-refractivity contribution in [1.29, 1.82) is 0 Å². The zero-order valence-corrected chi connectivity index (χ0v) is 12.0. The lowest BCUT2D eigenvalue weighted by atomic mass is 10.0. The Kier molecular flexibility index (Phi) is 3.79. The number of hydrogen-bond acceptors (Lipinski definition) is 2. The van der Waals surface area contributed by atoms with E-state index in [9.17, 15) is 0 Å². The second-order valence-electron chi connectivity index (χ2n) is 5.13. The summed E-state index contributed by atoms with van der Waals surface area (Å²) < 4.78 is 0. The Balaban J connectivity index is 1.86. The van der Waals surface area contributed by atoms with Gasteiger partial charge in [-0.15, -0.1) is 0 Å². The molecule has 98 valence electrons. The number of benzene rings is 2. The molecule has 0 radical (unpaired) electrons. The SMILES string of the molecule is CC1CC(Nc2ccccc2-c2ccccc2)CS1. The first-order valence-electron chi connectivity index (χ1n) is 6.85. The molecule has 1 saturated heterocycles. The van der Waals surface area contributed by atoms with Crippen molar-refractivity contribution in [1.82, 2.24) is 0 Å². The van der Waals surface area contributed by atoms with E-state index in [1.54, 1.807) is 0 Å². The van der Waals surface area contributed by atoms with Crippen molar-refractivity contribution >= 4 is 17.4 Å². The van der Waals surface area contributed by atoms with Gasteiger partial charge in [0.25, 0.3) is 0 Å². The molecule has 0 spiro atoms. The minimum atomic E-state index is 0.602. The summed E-state index contributed by atoms with van der Waals surface area (Å²) in [6, 6.07) is 19.8. The van der Waals surface area contributed by atoms with Crippen LogP contribution in [0.3, 0.4) is 0 Å². The third kappa shape index (κ3) is 2.95. The van der Waals surface area contributed by atoms with Crippen LogP contribution >= 0.6 is 11.8 Å². The van der Waals surface area contributed by atoms with E-state index in [1.165, 1.54) is 29.0 Å². The van der Waals surface area contributed by atoms with E-state index in [1.807, 2.05) is 0 Å². The standard InChI is InChI=1S/C17H19NS/c1-13-11-15(12-19-13)18-17-10-6-5-9-16(17)14-7-3-2-4-8-14/h2-10,13,15,18H,11-12H2,1H3. The molecule has 2 heteroatoms. The summed E-state index contributed by atoms with van der Waals surface area (Å²) in [4.78, 5) is 0. The van der Waals surface area contributed by atoms with Crippen LogP contribution in [0.5, 0.6) is 0 Å². The van der Waals surface area contributed by atoms with Crippen molar-refractivity contribution < 1.29 is 0 Å². The smallest absolute Gasteiger partial charge is 0.0422 e. The fourth-order valence-electron chi connectivity index (χ4n) is 2.62. The van der Waals surface area contributed by atoms with E-state index in [4.69, 9.17) is 0 Å². The van der Waals surface area contributed by atoms with E-state index in [0.717, 1.165) is 5.25 Å². The molecule has 0 amide bonds. The van der Waals surface area contributed by atoms with Gasteiger partial charge in [0.15, 0.2) is 0 Å². The Morgan fingerprint density at radius 1 is 1.00 bits per heavy atom. The van der Waals surface area contributed by atoms with Gasteiger partial charge < -0.3 is 5.32 Å². The molecule has 0 bridgehead atoms. The average Bonchev–Trinajstić information content (AvgIpc) is 2.86. The fraction of sp³-hybridized carbons (Fsp3) is 0.294. The highest BCUT2D eigenvalue weighted by atomic mass is 32.2. The molecule has 2 aromatic carbocycles. The van der Waals surface area contributed by atoms with Gasteiger partial charge in [0.1, 0.15) is 0 Å². The van der Waals surface area contributed by atoms with Gasteiger partial charge in [-0.3, -0.25) is 0 Å². The summed E-state index contributed by atoms with van der Waals surface area (Å²) in [5.74, 6) is 1.21. The Morgan fingerprint density at radius 2 is 1.74 bits per heavy atom. The molecule has 1 nitrogen and oxygen atoms in total. The average molecular weight is 269 g/mol. The molecule has 1 heterocycles. The van der Waals surface area contributed by atoms with E-state index in [-0.39, 0.29) is 0 Å². The van der Waals surface area contributed by atoms with Crippen molar-refractivity contribution in [3.05, 3.63) is 54.6 Å². The van der Waals surface area contributed by atoms with Crippen molar-refractivity contribution in [3.8, 4) is 11.1 Å². The summed E-state index contributed by atoms with van der Waals surface area (Å²) in [5, 5.41) is 4.50. The Morgan fingerprint density at radius 3 is 2.47 bits per heavy atom. The van der Waals surface area contributed by atoms with Crippen molar-refractivity contribution in [2.45, 2.75) is 24.6 Å².